The number of hydrogen-bond donors (Lipinski definition) is 1. The second kappa shape index (κ2) is 9.01. The van der Waals surface area contributed by atoms with Crippen LogP contribution in [0.5, 0.6) is 0 Å². The number of aryl methyl sites for hydroxylation is 1. The van der Waals surface area contributed by atoms with Crippen molar-refractivity contribution in [3.8, 4) is 0 Å². The molecule has 0 radical (unpaired) electrons. The zero-order valence-corrected chi connectivity index (χ0v) is 13.9. The Balaban J connectivity index is 2.48. The standard InChI is InChI=1S/C17H25F3N2O/c1-4-5-14(11-23)8-12(2)9-21-10-15-6-7-16(17(18,19)20)22-13(15)3/h6-7,11-12,14,21H,4-5,8-10H2,1-3H3. The minimum Gasteiger partial charge on any atom is -0.312 e. The number of aldehydes is 1. The van der Waals surface area contributed by atoms with Gasteiger partial charge in [-0.1, -0.05) is 26.3 Å². The molecule has 0 aliphatic heterocycles. The SMILES string of the molecule is CCCC(C=O)CC(C)CNCc1ccc(C(F)(F)F)nc1C. The van der Waals surface area contributed by atoms with Gasteiger partial charge in [0.15, 0.2) is 0 Å². The Morgan fingerprint density at radius 1 is 1.35 bits per heavy atom. The number of nitrogens with zero attached hydrogens (tertiary/aromatic N) is 1. The fourth-order valence-electron chi connectivity index (χ4n) is 2.60. The van der Waals surface area contributed by atoms with Crippen LogP contribution in [0.1, 0.15) is 50.1 Å². The van der Waals surface area contributed by atoms with Gasteiger partial charge in [-0.3, -0.25) is 0 Å². The van der Waals surface area contributed by atoms with Gasteiger partial charge < -0.3 is 10.1 Å². The van der Waals surface area contributed by atoms with E-state index in [1.54, 1.807) is 6.92 Å². The van der Waals surface area contributed by atoms with Gasteiger partial charge in [-0.05, 0) is 43.9 Å². The second-order valence-electron chi connectivity index (χ2n) is 6.10. The van der Waals surface area contributed by atoms with Crippen LogP contribution in [0.25, 0.3) is 0 Å². The van der Waals surface area contributed by atoms with Gasteiger partial charge in [-0.15, -0.1) is 0 Å². The highest BCUT2D eigenvalue weighted by atomic mass is 19.4. The number of hydrogen-bond acceptors (Lipinski definition) is 3. The summed E-state index contributed by atoms with van der Waals surface area (Å²) >= 11 is 0. The van der Waals surface area contributed by atoms with E-state index in [4.69, 9.17) is 0 Å². The smallest absolute Gasteiger partial charge is 0.312 e. The number of pyridine rings is 1. The molecule has 0 aromatic carbocycles. The lowest BCUT2D eigenvalue weighted by atomic mass is 9.93. The average molecular weight is 330 g/mol. The maximum atomic E-state index is 12.6. The van der Waals surface area contributed by atoms with E-state index in [0.717, 1.165) is 37.2 Å². The summed E-state index contributed by atoms with van der Waals surface area (Å²) in [4.78, 5) is 14.6. The molecule has 1 heterocycles. The van der Waals surface area contributed by atoms with E-state index < -0.39 is 11.9 Å². The van der Waals surface area contributed by atoms with Gasteiger partial charge in [0, 0.05) is 18.2 Å². The Bertz CT molecular complexity index is 503. The predicted octanol–water partition coefficient (Wildman–Crippen LogP) is 4.14. The van der Waals surface area contributed by atoms with Crippen molar-refractivity contribution in [3.05, 3.63) is 29.1 Å². The normalized spacial score (nSPS) is 14.5. The maximum Gasteiger partial charge on any atom is 0.433 e. The molecule has 3 nitrogen and oxygen atoms in total. The van der Waals surface area contributed by atoms with Crippen LogP contribution >= 0.6 is 0 Å². The lowest BCUT2D eigenvalue weighted by molar-refractivity contribution is -0.141. The molecule has 0 spiro atoms. The van der Waals surface area contributed by atoms with E-state index in [2.05, 4.69) is 24.1 Å². The van der Waals surface area contributed by atoms with Crippen LogP contribution in [0.4, 0.5) is 13.2 Å². The first kappa shape index (κ1) is 19.6. The number of carbonyl (C=O) groups is 1. The molecule has 130 valence electrons. The van der Waals surface area contributed by atoms with Crippen LogP contribution in [0.2, 0.25) is 0 Å². The quantitative estimate of drug-likeness (QED) is 0.692. The lowest BCUT2D eigenvalue weighted by Gasteiger charge is -2.17. The monoisotopic (exact) mass is 330 g/mol. The Morgan fingerprint density at radius 2 is 2.04 bits per heavy atom. The van der Waals surface area contributed by atoms with Crippen LogP contribution in [-0.2, 0) is 17.5 Å². The van der Waals surface area contributed by atoms with E-state index in [9.17, 15) is 18.0 Å². The molecule has 23 heavy (non-hydrogen) atoms. The summed E-state index contributed by atoms with van der Waals surface area (Å²) in [6, 6.07) is 2.48. The van der Waals surface area contributed by atoms with Crippen molar-refractivity contribution in [2.24, 2.45) is 11.8 Å². The van der Waals surface area contributed by atoms with Gasteiger partial charge in [-0.25, -0.2) is 4.98 Å². The van der Waals surface area contributed by atoms with Crippen LogP contribution in [0, 0.1) is 18.8 Å². The molecule has 0 bridgehead atoms. The third-order valence-corrected chi connectivity index (χ3v) is 3.85. The van der Waals surface area contributed by atoms with Crippen molar-refractivity contribution in [2.75, 3.05) is 6.54 Å². The van der Waals surface area contributed by atoms with E-state index in [-0.39, 0.29) is 5.92 Å². The zero-order chi connectivity index (χ0) is 17.5. The fraction of sp³-hybridized carbons (Fsp3) is 0.647. The molecule has 6 heteroatoms. The maximum absolute atomic E-state index is 12.6. The first-order valence-corrected chi connectivity index (χ1v) is 7.97. The molecule has 0 saturated heterocycles. The van der Waals surface area contributed by atoms with Gasteiger partial charge in [0.05, 0.1) is 0 Å². The Morgan fingerprint density at radius 3 is 2.57 bits per heavy atom. The van der Waals surface area contributed by atoms with Gasteiger partial charge >= 0.3 is 6.18 Å². The minimum absolute atomic E-state index is 0.0891. The molecule has 1 aromatic heterocycles. The summed E-state index contributed by atoms with van der Waals surface area (Å²) in [5.74, 6) is 0.422. The molecule has 2 unspecified atom stereocenters. The second-order valence-corrected chi connectivity index (χ2v) is 6.10. The summed E-state index contributed by atoms with van der Waals surface area (Å²) < 4.78 is 37.7. The third kappa shape index (κ3) is 6.69. The number of halogens is 3. The van der Waals surface area contributed by atoms with Crippen molar-refractivity contribution in [1.29, 1.82) is 0 Å². The first-order valence-electron chi connectivity index (χ1n) is 7.97. The number of carbonyl (C=O) groups excluding carboxylic acids is 1. The number of aromatic nitrogens is 1. The summed E-state index contributed by atoms with van der Waals surface area (Å²) in [5.41, 5.74) is 0.280. The molecule has 0 fully saturated rings. The van der Waals surface area contributed by atoms with Crippen LogP contribution in [0.3, 0.4) is 0 Å². The molecular formula is C17H25F3N2O. The highest BCUT2D eigenvalue weighted by molar-refractivity contribution is 5.53. The van der Waals surface area contributed by atoms with Crippen molar-refractivity contribution < 1.29 is 18.0 Å². The van der Waals surface area contributed by atoms with Crippen LogP contribution < -0.4 is 5.32 Å². The Hall–Kier alpha value is -1.43. The zero-order valence-electron chi connectivity index (χ0n) is 13.9. The molecule has 0 aliphatic carbocycles. The van der Waals surface area contributed by atoms with Gasteiger partial charge in [0.2, 0.25) is 0 Å². The summed E-state index contributed by atoms with van der Waals surface area (Å²) in [7, 11) is 0. The van der Waals surface area contributed by atoms with Crippen molar-refractivity contribution in [1.82, 2.24) is 10.3 Å². The molecule has 1 aromatic rings. The molecule has 0 saturated carbocycles. The lowest BCUT2D eigenvalue weighted by Crippen LogP contribution is -2.23. The topological polar surface area (TPSA) is 42.0 Å². The summed E-state index contributed by atoms with van der Waals surface area (Å²) in [6.45, 7) is 6.89. The minimum atomic E-state index is -4.41. The van der Waals surface area contributed by atoms with Crippen LogP contribution in [-0.4, -0.2) is 17.8 Å². The summed E-state index contributed by atoms with van der Waals surface area (Å²) in [6.07, 6.45) is -0.678. The number of nitrogens with one attached hydrogen (secondary N) is 1. The molecule has 0 aliphatic rings. The average Bonchev–Trinajstić information content (AvgIpc) is 2.47. The van der Waals surface area contributed by atoms with E-state index in [1.165, 1.54) is 6.07 Å². The molecule has 2 atom stereocenters. The fourth-order valence-corrected chi connectivity index (χ4v) is 2.60. The third-order valence-electron chi connectivity index (χ3n) is 3.85. The highest BCUT2D eigenvalue weighted by Gasteiger charge is 2.32. The van der Waals surface area contributed by atoms with Gasteiger partial charge in [0.25, 0.3) is 0 Å². The Kier molecular flexibility index (Phi) is 7.68. The van der Waals surface area contributed by atoms with Crippen molar-refractivity contribution >= 4 is 6.29 Å². The first-order chi connectivity index (χ1) is 10.8. The molecule has 1 rings (SSSR count). The van der Waals surface area contributed by atoms with Gasteiger partial charge in [-0.2, -0.15) is 13.2 Å². The Labute approximate surface area is 135 Å². The molecular weight excluding hydrogens is 305 g/mol. The van der Waals surface area contributed by atoms with E-state index in [0.29, 0.717) is 24.7 Å². The molecule has 0 amide bonds. The van der Waals surface area contributed by atoms with E-state index in [1.807, 2.05) is 0 Å². The van der Waals surface area contributed by atoms with Crippen LogP contribution in [0.15, 0.2) is 12.1 Å². The van der Waals surface area contributed by atoms with Crippen molar-refractivity contribution in [2.45, 2.75) is 52.8 Å². The number of alkyl halides is 3. The largest absolute Gasteiger partial charge is 0.433 e. The van der Waals surface area contributed by atoms with E-state index >= 15 is 0 Å². The highest BCUT2D eigenvalue weighted by Crippen LogP contribution is 2.28. The number of rotatable bonds is 9. The van der Waals surface area contributed by atoms with Crippen molar-refractivity contribution in [3.63, 3.8) is 0 Å². The predicted molar refractivity (Wildman–Crippen MR) is 83.9 cm³/mol. The summed E-state index contributed by atoms with van der Waals surface area (Å²) in [5, 5.41) is 3.23. The van der Waals surface area contributed by atoms with Gasteiger partial charge in [0.1, 0.15) is 12.0 Å². The molecule has 1 N–H and O–H groups in total.